The summed E-state index contributed by atoms with van der Waals surface area (Å²) in [5.74, 6) is -2.27. The van der Waals surface area contributed by atoms with Gasteiger partial charge in [-0.2, -0.15) is 8.42 Å². The number of hydrogen-bond acceptors (Lipinski definition) is 15. The molecule has 0 spiro atoms. The lowest BCUT2D eigenvalue weighted by molar-refractivity contribution is -0.300. The lowest BCUT2D eigenvalue weighted by atomic mass is 9.98. The first-order chi connectivity index (χ1) is 28.1. The molecule has 0 bridgehead atoms. The van der Waals surface area contributed by atoms with Gasteiger partial charge >= 0.3 is 17.9 Å². The Morgan fingerprint density at radius 2 is 1.03 bits per heavy atom. The van der Waals surface area contributed by atoms with Crippen LogP contribution in [0.1, 0.15) is 36.6 Å². The third-order valence-corrected chi connectivity index (χ3v) is 9.87. The number of carbonyl (C=O) groups excluding carboxylic acids is 3. The summed E-state index contributed by atoms with van der Waals surface area (Å²) in [4.78, 5) is 39.4. The highest BCUT2D eigenvalue weighted by atomic mass is 32.2. The molecule has 4 aromatic carbocycles. The smallest absolute Gasteiger partial charge is 0.338 e. The summed E-state index contributed by atoms with van der Waals surface area (Å²) in [7, 11) is -3.87. The molecule has 0 aromatic heterocycles. The monoisotopic (exact) mass is 822 g/mol. The van der Waals surface area contributed by atoms with E-state index in [-0.39, 0.29) is 74.4 Å². The van der Waals surface area contributed by atoms with E-state index in [0.29, 0.717) is 0 Å². The van der Waals surface area contributed by atoms with E-state index >= 15 is 0 Å². The number of carbonyl (C=O) groups is 3. The van der Waals surface area contributed by atoms with E-state index in [0.717, 1.165) is 5.56 Å². The van der Waals surface area contributed by atoms with Crippen molar-refractivity contribution in [1.82, 2.24) is 0 Å². The minimum Gasteiger partial charge on any atom is -0.459 e. The second-order valence-corrected chi connectivity index (χ2v) is 14.4. The van der Waals surface area contributed by atoms with E-state index in [1.165, 1.54) is 36.4 Å². The Bertz CT molecular complexity index is 1960. The Hall–Kier alpha value is -5.04. The van der Waals surface area contributed by atoms with Crippen molar-refractivity contribution < 1.29 is 70.0 Å². The van der Waals surface area contributed by atoms with Crippen molar-refractivity contribution in [2.45, 2.75) is 42.5 Å². The van der Waals surface area contributed by atoms with Crippen molar-refractivity contribution in [1.29, 1.82) is 0 Å². The first kappa shape index (κ1) is 44.1. The fraction of sp³-hybridized carbons (Fsp3) is 0.357. The number of esters is 3. The van der Waals surface area contributed by atoms with Crippen molar-refractivity contribution in [2.24, 2.45) is 0 Å². The van der Waals surface area contributed by atoms with Crippen LogP contribution < -0.4 is 0 Å². The molecule has 16 heteroatoms. The normalized spacial score (nSPS) is 19.2. The zero-order valence-corrected chi connectivity index (χ0v) is 32.6. The van der Waals surface area contributed by atoms with Crippen molar-refractivity contribution in [3.05, 3.63) is 138 Å². The van der Waals surface area contributed by atoms with E-state index in [2.05, 4.69) is 0 Å². The third-order valence-electron chi connectivity index (χ3n) is 8.54. The van der Waals surface area contributed by atoms with E-state index in [1.807, 2.05) is 6.92 Å². The fourth-order valence-corrected chi connectivity index (χ4v) is 6.40. The Morgan fingerprint density at radius 3 is 1.55 bits per heavy atom. The van der Waals surface area contributed by atoms with Crippen LogP contribution in [-0.4, -0.2) is 122 Å². The number of benzene rings is 4. The molecule has 58 heavy (non-hydrogen) atoms. The molecule has 1 aliphatic heterocycles. The van der Waals surface area contributed by atoms with Crippen LogP contribution in [0.4, 0.5) is 0 Å². The molecule has 1 heterocycles. The zero-order chi connectivity index (χ0) is 41.2. The molecular formula is C42H46O15S. The Morgan fingerprint density at radius 1 is 0.586 bits per heavy atom. The van der Waals surface area contributed by atoms with E-state index in [1.54, 1.807) is 78.9 Å². The van der Waals surface area contributed by atoms with Crippen molar-refractivity contribution in [2.75, 3.05) is 59.5 Å². The van der Waals surface area contributed by atoms with Gasteiger partial charge in [0.05, 0.1) is 74.4 Å². The summed E-state index contributed by atoms with van der Waals surface area (Å²) >= 11 is 0. The number of aryl methyl sites for hydroxylation is 1. The maximum absolute atomic E-state index is 13.3. The maximum atomic E-state index is 13.3. The van der Waals surface area contributed by atoms with Crippen LogP contribution in [0.15, 0.2) is 120 Å². The molecule has 0 radical (unpaired) electrons. The zero-order valence-electron chi connectivity index (χ0n) is 31.8. The van der Waals surface area contributed by atoms with Gasteiger partial charge in [-0.05, 0) is 55.5 Å². The van der Waals surface area contributed by atoms with Gasteiger partial charge in [-0.15, -0.1) is 0 Å². The van der Waals surface area contributed by atoms with Crippen LogP contribution in [0.25, 0.3) is 0 Å². The molecule has 5 atom stereocenters. The number of rotatable bonds is 22. The summed E-state index contributed by atoms with van der Waals surface area (Å²) < 4.78 is 75.1. The van der Waals surface area contributed by atoms with Gasteiger partial charge in [0.25, 0.3) is 10.1 Å². The van der Waals surface area contributed by atoms with Crippen LogP contribution >= 0.6 is 0 Å². The molecule has 15 nitrogen and oxygen atoms in total. The number of hydrogen-bond donors (Lipinski definition) is 1. The number of aliphatic hydroxyl groups excluding tert-OH is 1. The molecule has 0 aliphatic carbocycles. The van der Waals surface area contributed by atoms with Gasteiger partial charge in [0, 0.05) is 0 Å². The molecule has 0 unspecified atom stereocenters. The molecular weight excluding hydrogens is 777 g/mol. The average Bonchev–Trinajstić information content (AvgIpc) is 3.24. The Balaban J connectivity index is 1.12. The third kappa shape index (κ3) is 13.5. The Kier molecular flexibility index (Phi) is 17.3. The highest BCUT2D eigenvalue weighted by molar-refractivity contribution is 7.86. The highest BCUT2D eigenvalue weighted by Crippen LogP contribution is 2.29. The predicted molar refractivity (Wildman–Crippen MR) is 205 cm³/mol. The molecule has 1 N–H and O–H groups in total. The second kappa shape index (κ2) is 22.8. The van der Waals surface area contributed by atoms with Gasteiger partial charge in [0.2, 0.25) is 0 Å². The standard InChI is InChI=1S/C42H46O15S/c1-30-17-19-34(20-18-30)58(47,48)54-28-26-51-24-22-49-21-23-50-25-27-52-42-38(57-41(46)33-15-9-4-10-16-33)37(56-40(45)32-13-7-3-8-14-32)36(43)35(55-42)29-53-39(44)31-11-5-2-6-12-31/h2-20,35-38,42-43H,21-29H2,1H3/t35-,36-,37+,38-,42-/m1/s1. The van der Waals surface area contributed by atoms with Crippen molar-refractivity contribution in [3.8, 4) is 0 Å². The van der Waals surface area contributed by atoms with Gasteiger partial charge in [0.15, 0.2) is 18.5 Å². The van der Waals surface area contributed by atoms with Crippen LogP contribution in [0.5, 0.6) is 0 Å². The van der Waals surface area contributed by atoms with Crippen LogP contribution in [0.2, 0.25) is 0 Å². The molecule has 1 saturated heterocycles. The molecule has 4 aromatic rings. The van der Waals surface area contributed by atoms with E-state index in [9.17, 15) is 27.9 Å². The van der Waals surface area contributed by atoms with Gasteiger partial charge < -0.3 is 43.0 Å². The molecule has 0 saturated carbocycles. The van der Waals surface area contributed by atoms with Crippen LogP contribution in [0.3, 0.4) is 0 Å². The number of ether oxygens (including phenoxy) is 8. The van der Waals surface area contributed by atoms with Crippen LogP contribution in [-0.2, 0) is 52.2 Å². The first-order valence-electron chi connectivity index (χ1n) is 18.5. The largest absolute Gasteiger partial charge is 0.459 e. The van der Waals surface area contributed by atoms with E-state index < -0.39 is 65.3 Å². The lowest BCUT2D eigenvalue weighted by Gasteiger charge is -2.43. The van der Waals surface area contributed by atoms with Gasteiger partial charge in [-0.3, -0.25) is 4.18 Å². The van der Waals surface area contributed by atoms with Gasteiger partial charge in [-0.25, -0.2) is 14.4 Å². The quantitative estimate of drug-likeness (QED) is 0.0515. The molecule has 1 aliphatic rings. The fourth-order valence-electron chi connectivity index (χ4n) is 5.51. The molecule has 0 amide bonds. The summed E-state index contributed by atoms with van der Waals surface area (Å²) in [5, 5.41) is 11.5. The minimum atomic E-state index is -3.87. The SMILES string of the molecule is Cc1ccc(S(=O)(=O)OCCOCCOCCOCCO[C@@H]2O[C@H](COC(=O)c3ccccc3)[C@@H](O)[C@H](OC(=O)c3ccccc3)[C@H]2OC(=O)c2ccccc2)cc1. The summed E-state index contributed by atoms with van der Waals surface area (Å²) in [5.41, 5.74) is 1.57. The van der Waals surface area contributed by atoms with Crippen molar-refractivity contribution >= 4 is 28.0 Å². The Labute approximate surface area is 336 Å². The highest BCUT2D eigenvalue weighted by Gasteiger charge is 2.51. The summed E-state index contributed by atoms with van der Waals surface area (Å²) in [6, 6.07) is 30.7. The van der Waals surface area contributed by atoms with Gasteiger partial charge in [-0.1, -0.05) is 72.3 Å². The topological polar surface area (TPSA) is 189 Å². The second-order valence-electron chi connectivity index (χ2n) is 12.8. The van der Waals surface area contributed by atoms with Crippen molar-refractivity contribution in [3.63, 3.8) is 0 Å². The first-order valence-corrected chi connectivity index (χ1v) is 19.9. The molecule has 5 rings (SSSR count). The minimum absolute atomic E-state index is 0.0382. The lowest BCUT2D eigenvalue weighted by Crippen LogP contribution is -2.62. The summed E-state index contributed by atoms with van der Waals surface area (Å²) in [6.07, 6.45) is -7.27. The summed E-state index contributed by atoms with van der Waals surface area (Å²) in [6.45, 7) is 2.04. The number of aliphatic hydroxyl groups is 1. The maximum Gasteiger partial charge on any atom is 0.338 e. The van der Waals surface area contributed by atoms with E-state index in [4.69, 9.17) is 42.1 Å². The van der Waals surface area contributed by atoms with Crippen LogP contribution in [0, 0.1) is 6.92 Å². The molecule has 1 fully saturated rings. The predicted octanol–water partition coefficient (Wildman–Crippen LogP) is 4.16. The molecule has 310 valence electrons. The van der Waals surface area contributed by atoms with Gasteiger partial charge in [0.1, 0.15) is 18.8 Å². The average molecular weight is 823 g/mol.